The van der Waals surface area contributed by atoms with Gasteiger partial charge in [-0.25, -0.2) is 0 Å². The average Bonchev–Trinajstić information content (AvgIpc) is 2.80. The van der Waals surface area contributed by atoms with Crippen molar-refractivity contribution >= 4 is 47.7 Å². The Balaban J connectivity index is 0.000000222. The molecule has 0 saturated carbocycles. The van der Waals surface area contributed by atoms with E-state index < -0.39 is 14.7 Å². The van der Waals surface area contributed by atoms with Gasteiger partial charge in [0, 0.05) is 0 Å². The molecular weight excluding hydrogens is 606 g/mol. The molecule has 40 heavy (non-hydrogen) atoms. The molecule has 4 aromatic rings. The molecule has 4 aromatic carbocycles. The Bertz CT molecular complexity index is 1320. The molecule has 3 radical (unpaired) electrons. The van der Waals surface area contributed by atoms with Crippen LogP contribution in [0, 0.1) is 83.1 Å². The maximum absolute atomic E-state index is 6.09. The first-order chi connectivity index (χ1) is 18.7. The summed E-state index contributed by atoms with van der Waals surface area (Å²) >= 11 is -2.19. The number of benzene rings is 4. The number of rotatable bonds is 5. The summed E-state index contributed by atoms with van der Waals surface area (Å²) in [7, 11) is 1.88. The van der Waals surface area contributed by atoms with Crippen LogP contribution in [0.2, 0.25) is 0 Å². The van der Waals surface area contributed by atoms with Gasteiger partial charge < -0.3 is 0 Å². The zero-order valence-corrected chi connectivity index (χ0v) is 31.2. The molecule has 4 rings (SSSR count). The quantitative estimate of drug-likeness (QED) is 0.224. The van der Waals surface area contributed by atoms with Gasteiger partial charge in [0.15, 0.2) is 0 Å². The van der Waals surface area contributed by atoms with Gasteiger partial charge in [-0.05, 0) is 0 Å². The topological polar surface area (TPSA) is 9.23 Å². The summed E-state index contributed by atoms with van der Waals surface area (Å²) in [5, 5.41) is 0. The van der Waals surface area contributed by atoms with Crippen LogP contribution in [0.3, 0.4) is 0 Å². The summed E-state index contributed by atoms with van der Waals surface area (Å²) in [4.78, 5) is 0. The van der Waals surface area contributed by atoms with Crippen LogP contribution < -0.4 is 17.6 Å². The Labute approximate surface area is 255 Å². The Hall–Kier alpha value is -2.07. The van der Waals surface area contributed by atoms with E-state index in [0.717, 1.165) is 0 Å². The fraction of sp³-hybridized carbons (Fsp3) is 0.351. The second kappa shape index (κ2) is 13.7. The molecule has 0 saturated heterocycles. The van der Waals surface area contributed by atoms with Crippen molar-refractivity contribution in [2.75, 3.05) is 7.11 Å². The van der Waals surface area contributed by atoms with Crippen molar-refractivity contribution < 1.29 is 3.76 Å². The fourth-order valence-electron chi connectivity index (χ4n) is 6.28. The standard InChI is InChI=1S/C19H25GeO.C18H22Ge/c1-12-8-14(3)18(15(4)9-12)20(21-7)19-16(5)10-13(2)11-17(19)6;1-11-7-13(3)17(14(4)8-11)19-18-15(5)9-12(2)10-16(18)6/h8-11H,1-7H3;7-10H,1-6H3. The second-order valence-electron chi connectivity index (χ2n) is 11.8. The summed E-state index contributed by atoms with van der Waals surface area (Å²) in [5.41, 5.74) is 16.8. The first kappa shape index (κ1) is 32.4. The van der Waals surface area contributed by atoms with E-state index in [0.29, 0.717) is 0 Å². The Morgan fingerprint density at radius 2 is 0.625 bits per heavy atom. The van der Waals surface area contributed by atoms with E-state index in [1.165, 1.54) is 75.6 Å². The van der Waals surface area contributed by atoms with Crippen molar-refractivity contribution in [1.29, 1.82) is 0 Å². The van der Waals surface area contributed by atoms with E-state index in [-0.39, 0.29) is 15.4 Å². The molecule has 0 atom stereocenters. The molecule has 0 aliphatic carbocycles. The predicted molar refractivity (Wildman–Crippen MR) is 180 cm³/mol. The Morgan fingerprint density at radius 1 is 0.400 bits per heavy atom. The summed E-state index contributed by atoms with van der Waals surface area (Å²) in [6, 6.07) is 18.4. The van der Waals surface area contributed by atoms with Crippen LogP contribution >= 0.6 is 0 Å². The van der Waals surface area contributed by atoms with Crippen LogP contribution in [0.1, 0.15) is 66.8 Å². The van der Waals surface area contributed by atoms with E-state index >= 15 is 0 Å². The van der Waals surface area contributed by atoms with Gasteiger partial charge in [-0.15, -0.1) is 0 Å². The summed E-state index contributed by atoms with van der Waals surface area (Å²) < 4.78 is 12.3. The minimum absolute atomic E-state index is 0.239. The van der Waals surface area contributed by atoms with Gasteiger partial charge in [-0.3, -0.25) is 0 Å². The third-order valence-electron chi connectivity index (χ3n) is 7.62. The van der Waals surface area contributed by atoms with Crippen LogP contribution in [0.5, 0.6) is 0 Å². The SMILES string of the molecule is C[O][Ge]([c]1c(C)cc(C)cc1C)[c]1c(C)cc(C)cc1C.Cc1cc(C)[c]([Ge][c]2c(C)cc(C)cc2C)c(C)c1. The predicted octanol–water partition coefficient (Wildman–Crippen LogP) is 6.48. The molecule has 209 valence electrons. The summed E-state index contributed by atoms with van der Waals surface area (Å²) in [5.74, 6) is 0. The van der Waals surface area contributed by atoms with Crippen LogP contribution in [0.25, 0.3) is 0 Å². The first-order valence-electron chi connectivity index (χ1n) is 14.2. The van der Waals surface area contributed by atoms with Crippen molar-refractivity contribution in [3.05, 3.63) is 115 Å². The van der Waals surface area contributed by atoms with Gasteiger partial charge in [0.1, 0.15) is 0 Å². The van der Waals surface area contributed by atoms with E-state index in [1.54, 1.807) is 8.79 Å². The zero-order chi connectivity index (χ0) is 29.9. The van der Waals surface area contributed by atoms with E-state index in [4.69, 9.17) is 3.76 Å². The molecule has 0 aliphatic rings. The van der Waals surface area contributed by atoms with Crippen LogP contribution in [-0.4, -0.2) is 37.2 Å². The van der Waals surface area contributed by atoms with Crippen molar-refractivity contribution in [3.63, 3.8) is 0 Å². The third-order valence-corrected chi connectivity index (χ3v) is 18.0. The van der Waals surface area contributed by atoms with Gasteiger partial charge >= 0.3 is 257 Å². The van der Waals surface area contributed by atoms with Crippen molar-refractivity contribution in [2.45, 2.75) is 83.1 Å². The zero-order valence-electron chi connectivity index (χ0n) is 27.0. The molecule has 0 N–H and O–H groups in total. The van der Waals surface area contributed by atoms with Crippen molar-refractivity contribution in [3.8, 4) is 0 Å². The second-order valence-corrected chi connectivity index (χ2v) is 18.7. The summed E-state index contributed by atoms with van der Waals surface area (Å²) in [6.07, 6.45) is 0. The molecule has 0 aromatic heterocycles. The van der Waals surface area contributed by atoms with E-state index in [9.17, 15) is 0 Å². The van der Waals surface area contributed by atoms with Crippen LogP contribution in [0.4, 0.5) is 0 Å². The monoisotopic (exact) mass is 655 g/mol. The molecule has 0 heterocycles. The summed E-state index contributed by atoms with van der Waals surface area (Å²) in [6.45, 7) is 26.6. The molecule has 0 amide bonds. The molecule has 0 unspecified atom stereocenters. The molecular formula is C37H47Ge2O. The number of aryl methyl sites for hydroxylation is 12. The first-order valence-corrected chi connectivity index (χ1v) is 19.3. The van der Waals surface area contributed by atoms with Gasteiger partial charge in [-0.1, -0.05) is 0 Å². The van der Waals surface area contributed by atoms with Gasteiger partial charge in [-0.2, -0.15) is 0 Å². The van der Waals surface area contributed by atoms with Crippen LogP contribution in [0.15, 0.2) is 48.5 Å². The third kappa shape index (κ3) is 7.60. The van der Waals surface area contributed by atoms with E-state index in [1.807, 2.05) is 7.11 Å². The minimum atomic E-state index is -1.96. The Kier molecular flexibility index (Phi) is 11.1. The Morgan fingerprint density at radius 3 is 0.850 bits per heavy atom. The number of hydrogen-bond acceptors (Lipinski definition) is 1. The van der Waals surface area contributed by atoms with Gasteiger partial charge in [0.05, 0.1) is 0 Å². The molecule has 0 aliphatic heterocycles. The molecule has 3 heteroatoms. The normalized spacial score (nSPS) is 11.1. The van der Waals surface area contributed by atoms with E-state index in [2.05, 4.69) is 132 Å². The van der Waals surface area contributed by atoms with Gasteiger partial charge in [0.2, 0.25) is 0 Å². The fourth-order valence-corrected chi connectivity index (χ4v) is 14.1. The molecule has 0 spiro atoms. The van der Waals surface area contributed by atoms with Crippen LogP contribution in [-0.2, 0) is 3.76 Å². The number of hydrogen-bond donors (Lipinski definition) is 0. The van der Waals surface area contributed by atoms with Crippen molar-refractivity contribution in [2.24, 2.45) is 0 Å². The maximum atomic E-state index is 6.09. The van der Waals surface area contributed by atoms with Gasteiger partial charge in [0.25, 0.3) is 0 Å². The molecule has 0 bridgehead atoms. The molecule has 0 fully saturated rings. The van der Waals surface area contributed by atoms with Crippen molar-refractivity contribution in [1.82, 2.24) is 0 Å². The average molecular weight is 653 g/mol. The molecule has 1 nitrogen and oxygen atoms in total.